The average molecular weight is 321 g/mol. The van der Waals surface area contributed by atoms with E-state index in [4.69, 9.17) is 4.74 Å². The van der Waals surface area contributed by atoms with E-state index >= 15 is 0 Å². The predicted molar refractivity (Wildman–Crippen MR) is 94.1 cm³/mol. The SMILES string of the molecule is Cc1cccc(OCCN(C)CC(O)CN2CCN(C)CC2)c1. The van der Waals surface area contributed by atoms with Crippen LogP contribution in [0, 0.1) is 6.92 Å². The normalized spacial score (nSPS) is 18.3. The predicted octanol–water partition coefficient (Wildman–Crippen LogP) is 0.914. The van der Waals surface area contributed by atoms with Gasteiger partial charge in [0.05, 0.1) is 6.10 Å². The largest absolute Gasteiger partial charge is 0.492 e. The highest BCUT2D eigenvalue weighted by Gasteiger charge is 2.17. The van der Waals surface area contributed by atoms with Gasteiger partial charge in [-0.2, -0.15) is 0 Å². The third kappa shape index (κ3) is 6.87. The quantitative estimate of drug-likeness (QED) is 0.771. The monoisotopic (exact) mass is 321 g/mol. The zero-order valence-electron chi connectivity index (χ0n) is 14.7. The molecule has 5 nitrogen and oxygen atoms in total. The summed E-state index contributed by atoms with van der Waals surface area (Å²) in [4.78, 5) is 6.82. The number of nitrogens with zero attached hydrogens (tertiary/aromatic N) is 3. The van der Waals surface area contributed by atoms with Gasteiger partial charge < -0.3 is 19.6 Å². The molecule has 0 amide bonds. The number of aliphatic hydroxyl groups excluding tert-OH is 1. The maximum atomic E-state index is 10.3. The Balaban J connectivity index is 1.61. The van der Waals surface area contributed by atoms with Crippen LogP contribution in [0.15, 0.2) is 24.3 Å². The first-order valence-corrected chi connectivity index (χ1v) is 8.50. The van der Waals surface area contributed by atoms with Crippen molar-refractivity contribution in [1.82, 2.24) is 14.7 Å². The van der Waals surface area contributed by atoms with Crippen molar-refractivity contribution in [2.24, 2.45) is 0 Å². The summed E-state index contributed by atoms with van der Waals surface area (Å²) in [6.45, 7) is 9.24. The molecule has 0 aromatic heterocycles. The number of likely N-dealkylation sites (N-methyl/N-ethyl adjacent to an activating group) is 2. The second-order valence-corrected chi connectivity index (χ2v) is 6.68. The summed E-state index contributed by atoms with van der Waals surface area (Å²) in [5, 5.41) is 10.3. The molecule has 5 heteroatoms. The van der Waals surface area contributed by atoms with Crippen molar-refractivity contribution in [1.29, 1.82) is 0 Å². The van der Waals surface area contributed by atoms with Crippen LogP contribution in [0.3, 0.4) is 0 Å². The van der Waals surface area contributed by atoms with E-state index in [2.05, 4.69) is 34.7 Å². The Morgan fingerprint density at radius 1 is 1.26 bits per heavy atom. The van der Waals surface area contributed by atoms with Gasteiger partial charge in [-0.3, -0.25) is 4.90 Å². The third-order valence-corrected chi connectivity index (χ3v) is 4.32. The van der Waals surface area contributed by atoms with Crippen molar-refractivity contribution in [2.75, 3.05) is 66.5 Å². The number of ether oxygens (including phenoxy) is 1. The molecule has 1 aliphatic heterocycles. The second kappa shape index (κ2) is 9.23. The Morgan fingerprint density at radius 2 is 2.00 bits per heavy atom. The Kier molecular flexibility index (Phi) is 7.30. The summed E-state index contributed by atoms with van der Waals surface area (Å²) >= 11 is 0. The molecule has 1 aliphatic rings. The van der Waals surface area contributed by atoms with E-state index in [9.17, 15) is 5.11 Å². The molecule has 1 atom stereocenters. The van der Waals surface area contributed by atoms with Crippen LogP contribution in [0.5, 0.6) is 5.75 Å². The van der Waals surface area contributed by atoms with Gasteiger partial charge in [-0.1, -0.05) is 12.1 Å². The molecule has 1 aromatic rings. The van der Waals surface area contributed by atoms with Crippen molar-refractivity contribution in [3.63, 3.8) is 0 Å². The van der Waals surface area contributed by atoms with Crippen LogP contribution >= 0.6 is 0 Å². The summed E-state index contributed by atoms with van der Waals surface area (Å²) in [6, 6.07) is 8.10. The molecule has 0 saturated carbocycles. The topological polar surface area (TPSA) is 39.2 Å². The maximum Gasteiger partial charge on any atom is 0.119 e. The Bertz CT molecular complexity index is 461. The van der Waals surface area contributed by atoms with E-state index in [0.29, 0.717) is 13.2 Å². The highest BCUT2D eigenvalue weighted by molar-refractivity contribution is 5.27. The van der Waals surface area contributed by atoms with E-state index in [1.807, 2.05) is 25.2 Å². The van der Waals surface area contributed by atoms with E-state index < -0.39 is 0 Å². The minimum Gasteiger partial charge on any atom is -0.492 e. The number of hydrogen-bond acceptors (Lipinski definition) is 5. The Morgan fingerprint density at radius 3 is 2.70 bits per heavy atom. The Hall–Kier alpha value is -1.14. The lowest BCUT2D eigenvalue weighted by Crippen LogP contribution is -2.48. The van der Waals surface area contributed by atoms with Crippen LogP contribution in [0.4, 0.5) is 0 Å². The van der Waals surface area contributed by atoms with Crippen LogP contribution in [-0.4, -0.2) is 92.4 Å². The average Bonchev–Trinajstić information content (AvgIpc) is 2.49. The van der Waals surface area contributed by atoms with Crippen LogP contribution in [0.25, 0.3) is 0 Å². The van der Waals surface area contributed by atoms with E-state index in [1.165, 1.54) is 5.56 Å². The zero-order chi connectivity index (χ0) is 16.7. The fraction of sp³-hybridized carbons (Fsp3) is 0.667. The first kappa shape index (κ1) is 18.2. The molecule has 23 heavy (non-hydrogen) atoms. The maximum absolute atomic E-state index is 10.3. The van der Waals surface area contributed by atoms with Crippen molar-refractivity contribution in [2.45, 2.75) is 13.0 Å². The first-order valence-electron chi connectivity index (χ1n) is 8.50. The second-order valence-electron chi connectivity index (χ2n) is 6.68. The molecule has 1 heterocycles. The van der Waals surface area contributed by atoms with Crippen LogP contribution in [0.2, 0.25) is 0 Å². The smallest absolute Gasteiger partial charge is 0.119 e. The Labute approximate surface area is 140 Å². The van der Waals surface area contributed by atoms with Crippen LogP contribution in [-0.2, 0) is 0 Å². The van der Waals surface area contributed by atoms with E-state index in [1.54, 1.807) is 0 Å². The minimum absolute atomic E-state index is 0.303. The van der Waals surface area contributed by atoms with Gasteiger partial charge in [-0.25, -0.2) is 0 Å². The molecule has 130 valence electrons. The molecule has 0 aliphatic carbocycles. The first-order chi connectivity index (χ1) is 11.0. The van der Waals surface area contributed by atoms with Gasteiger partial charge in [0, 0.05) is 45.8 Å². The molecule has 1 unspecified atom stereocenters. The van der Waals surface area contributed by atoms with Crippen molar-refractivity contribution >= 4 is 0 Å². The number of piperazine rings is 1. The zero-order valence-corrected chi connectivity index (χ0v) is 14.7. The molecular formula is C18H31N3O2. The van der Waals surface area contributed by atoms with Gasteiger partial charge in [0.25, 0.3) is 0 Å². The highest BCUT2D eigenvalue weighted by atomic mass is 16.5. The van der Waals surface area contributed by atoms with Crippen molar-refractivity contribution in [3.8, 4) is 5.75 Å². The van der Waals surface area contributed by atoms with Crippen molar-refractivity contribution in [3.05, 3.63) is 29.8 Å². The van der Waals surface area contributed by atoms with Gasteiger partial charge >= 0.3 is 0 Å². The van der Waals surface area contributed by atoms with E-state index in [0.717, 1.165) is 45.0 Å². The molecular weight excluding hydrogens is 290 g/mol. The molecule has 1 saturated heterocycles. The molecule has 0 bridgehead atoms. The summed E-state index contributed by atoms with van der Waals surface area (Å²) in [7, 11) is 4.18. The summed E-state index contributed by atoms with van der Waals surface area (Å²) in [5.41, 5.74) is 1.21. The molecule has 0 radical (unpaired) electrons. The fourth-order valence-electron chi connectivity index (χ4n) is 2.86. The highest BCUT2D eigenvalue weighted by Crippen LogP contribution is 2.12. The van der Waals surface area contributed by atoms with Gasteiger partial charge in [-0.15, -0.1) is 0 Å². The van der Waals surface area contributed by atoms with Gasteiger partial charge in [-0.05, 0) is 38.7 Å². The standard InChI is InChI=1S/C18H31N3O2/c1-16-5-4-6-18(13-16)23-12-11-20(3)14-17(22)15-21-9-7-19(2)8-10-21/h4-6,13,17,22H,7-12,14-15H2,1-3H3. The summed E-state index contributed by atoms with van der Waals surface area (Å²) in [6.07, 6.45) is -0.303. The third-order valence-electron chi connectivity index (χ3n) is 4.32. The minimum atomic E-state index is -0.303. The van der Waals surface area contributed by atoms with E-state index in [-0.39, 0.29) is 6.10 Å². The fourth-order valence-corrected chi connectivity index (χ4v) is 2.86. The lowest BCUT2D eigenvalue weighted by atomic mass is 10.2. The number of aliphatic hydroxyl groups is 1. The van der Waals surface area contributed by atoms with Crippen molar-refractivity contribution < 1.29 is 9.84 Å². The molecule has 1 N–H and O–H groups in total. The van der Waals surface area contributed by atoms with Gasteiger partial charge in [0.2, 0.25) is 0 Å². The lowest BCUT2D eigenvalue weighted by molar-refractivity contribution is 0.0582. The molecule has 0 spiro atoms. The summed E-state index contributed by atoms with van der Waals surface area (Å²) < 4.78 is 5.76. The van der Waals surface area contributed by atoms with Crippen LogP contribution in [0.1, 0.15) is 5.56 Å². The summed E-state index contributed by atoms with van der Waals surface area (Å²) in [5.74, 6) is 0.913. The number of β-amino-alcohol motifs (C(OH)–C–C–N with tert-alkyl or cyclic N) is 1. The molecule has 1 fully saturated rings. The number of aryl methyl sites for hydroxylation is 1. The number of rotatable bonds is 8. The van der Waals surface area contributed by atoms with Crippen LogP contribution < -0.4 is 4.74 Å². The lowest BCUT2D eigenvalue weighted by Gasteiger charge is -2.34. The van der Waals surface area contributed by atoms with Gasteiger partial charge in [0.1, 0.15) is 12.4 Å². The molecule has 2 rings (SSSR count). The van der Waals surface area contributed by atoms with Gasteiger partial charge in [0.15, 0.2) is 0 Å². The molecule has 1 aromatic carbocycles. The number of benzene rings is 1. The number of hydrogen-bond donors (Lipinski definition) is 1.